The Bertz CT molecular complexity index is 1720. The van der Waals surface area contributed by atoms with Crippen LogP contribution in [-0.2, 0) is 26.1 Å². The minimum absolute atomic E-state index is 0.225. The summed E-state index contributed by atoms with van der Waals surface area (Å²) in [5.41, 5.74) is 5.15. The zero-order valence-corrected chi connectivity index (χ0v) is 23.6. The monoisotopic (exact) mass is 564 g/mol. The van der Waals surface area contributed by atoms with E-state index in [4.69, 9.17) is 14.2 Å². The number of hydrogen-bond acceptors (Lipinski definition) is 8. The first-order chi connectivity index (χ1) is 20.6. The lowest BCUT2D eigenvalue weighted by Crippen LogP contribution is -2.33. The molecule has 6 rings (SSSR count). The summed E-state index contributed by atoms with van der Waals surface area (Å²) < 4.78 is 18.8. The second kappa shape index (κ2) is 12.3. The van der Waals surface area contributed by atoms with Gasteiger partial charge in [-0.2, -0.15) is 0 Å². The molecule has 1 N–H and O–H groups in total. The summed E-state index contributed by atoms with van der Waals surface area (Å²) in [6.07, 6.45) is 4.43. The number of nitrogens with one attached hydrogen (secondary N) is 1. The Kier molecular flexibility index (Phi) is 7.96. The number of amides is 1. The molecule has 5 aromatic rings. The third-order valence-electron chi connectivity index (χ3n) is 7.39. The molecule has 3 aromatic carbocycles. The fraction of sp³-hybridized carbons (Fsp3) is 0.250. The van der Waals surface area contributed by atoms with E-state index in [0.29, 0.717) is 29.2 Å². The molecule has 1 aliphatic heterocycles. The SMILES string of the molecule is COc1cc2c(cc1OC)CN(CCn1cc(COc3ccccc3NC(=O)c3cnc4ccccc4c3)nn1)CC2. The zero-order valence-electron chi connectivity index (χ0n) is 23.6. The van der Waals surface area contributed by atoms with Crippen molar-refractivity contribution in [3.8, 4) is 17.2 Å². The second-order valence-corrected chi connectivity index (χ2v) is 10.1. The van der Waals surface area contributed by atoms with Crippen LogP contribution in [0.1, 0.15) is 27.2 Å². The predicted molar refractivity (Wildman–Crippen MR) is 159 cm³/mol. The summed E-state index contributed by atoms with van der Waals surface area (Å²) in [6.45, 7) is 3.59. The van der Waals surface area contributed by atoms with E-state index in [2.05, 4.69) is 37.6 Å². The van der Waals surface area contributed by atoms with Crippen molar-refractivity contribution in [2.24, 2.45) is 0 Å². The maximum atomic E-state index is 13.0. The van der Waals surface area contributed by atoms with Crippen LogP contribution in [0.2, 0.25) is 0 Å². The Morgan fingerprint density at radius 3 is 2.57 bits per heavy atom. The van der Waals surface area contributed by atoms with E-state index in [9.17, 15) is 4.79 Å². The molecule has 10 heteroatoms. The Morgan fingerprint density at radius 1 is 0.929 bits per heavy atom. The van der Waals surface area contributed by atoms with E-state index < -0.39 is 0 Å². The standard InChI is InChI=1S/C32H32N6O4/c1-40-30-16-22-11-12-37(19-25(22)17-31(30)41-2)13-14-38-20-26(35-36-38)21-42-29-10-6-5-9-28(29)34-32(39)24-15-23-7-3-4-8-27(23)33-18-24/h3-10,15-18,20H,11-14,19,21H2,1-2H3,(H,34,39). The van der Waals surface area contributed by atoms with Crippen molar-refractivity contribution in [3.63, 3.8) is 0 Å². The Morgan fingerprint density at radius 2 is 1.71 bits per heavy atom. The van der Waals surface area contributed by atoms with Crippen molar-refractivity contribution in [1.82, 2.24) is 24.9 Å². The molecular weight excluding hydrogens is 532 g/mol. The molecule has 0 bridgehead atoms. The molecule has 214 valence electrons. The van der Waals surface area contributed by atoms with Crippen LogP contribution in [0.5, 0.6) is 17.2 Å². The molecule has 2 aromatic heterocycles. The maximum absolute atomic E-state index is 13.0. The molecule has 10 nitrogen and oxygen atoms in total. The second-order valence-electron chi connectivity index (χ2n) is 10.1. The van der Waals surface area contributed by atoms with Gasteiger partial charge in [-0.05, 0) is 53.9 Å². The van der Waals surface area contributed by atoms with Crippen molar-refractivity contribution < 1.29 is 19.0 Å². The number of fused-ring (bicyclic) bond motifs is 2. The van der Waals surface area contributed by atoms with Gasteiger partial charge in [0.05, 0.1) is 43.7 Å². The quantitative estimate of drug-likeness (QED) is 0.260. The summed E-state index contributed by atoms with van der Waals surface area (Å²) in [5.74, 6) is 1.82. The van der Waals surface area contributed by atoms with Crippen LogP contribution in [0, 0.1) is 0 Å². The number of hydrogen-bond donors (Lipinski definition) is 1. The molecule has 1 aliphatic rings. The smallest absolute Gasteiger partial charge is 0.257 e. The first kappa shape index (κ1) is 27.2. The van der Waals surface area contributed by atoms with Gasteiger partial charge < -0.3 is 19.5 Å². The van der Waals surface area contributed by atoms with Gasteiger partial charge in [0.2, 0.25) is 0 Å². The van der Waals surface area contributed by atoms with Crippen LogP contribution in [0.15, 0.2) is 79.1 Å². The fourth-order valence-corrected chi connectivity index (χ4v) is 5.13. The molecule has 0 atom stereocenters. The maximum Gasteiger partial charge on any atom is 0.257 e. The summed E-state index contributed by atoms with van der Waals surface area (Å²) in [5, 5.41) is 12.4. The van der Waals surface area contributed by atoms with E-state index in [1.165, 1.54) is 11.1 Å². The molecule has 1 amide bonds. The summed E-state index contributed by atoms with van der Waals surface area (Å²) in [7, 11) is 3.33. The highest BCUT2D eigenvalue weighted by Gasteiger charge is 2.19. The highest BCUT2D eigenvalue weighted by Crippen LogP contribution is 2.33. The van der Waals surface area contributed by atoms with Crippen molar-refractivity contribution in [3.05, 3.63) is 102 Å². The molecular formula is C32H32N6O4. The first-order valence-corrected chi connectivity index (χ1v) is 13.8. The number of benzene rings is 3. The van der Waals surface area contributed by atoms with Gasteiger partial charge in [-0.25, -0.2) is 0 Å². The van der Waals surface area contributed by atoms with Crippen molar-refractivity contribution in [1.29, 1.82) is 0 Å². The highest BCUT2D eigenvalue weighted by atomic mass is 16.5. The molecule has 0 spiro atoms. The van der Waals surface area contributed by atoms with Crippen molar-refractivity contribution in [2.75, 3.05) is 32.6 Å². The largest absolute Gasteiger partial charge is 0.493 e. The predicted octanol–water partition coefficient (Wildman–Crippen LogP) is 4.73. The van der Waals surface area contributed by atoms with Gasteiger partial charge in [-0.15, -0.1) is 5.10 Å². The van der Waals surface area contributed by atoms with E-state index in [1.54, 1.807) is 26.5 Å². The van der Waals surface area contributed by atoms with Gasteiger partial charge in [-0.3, -0.25) is 19.4 Å². The van der Waals surface area contributed by atoms with Crippen LogP contribution in [0.3, 0.4) is 0 Å². The van der Waals surface area contributed by atoms with Crippen molar-refractivity contribution in [2.45, 2.75) is 26.1 Å². The van der Waals surface area contributed by atoms with Crippen LogP contribution in [-0.4, -0.2) is 58.1 Å². The summed E-state index contributed by atoms with van der Waals surface area (Å²) in [4.78, 5) is 19.8. The third kappa shape index (κ3) is 6.03. The van der Waals surface area contributed by atoms with Gasteiger partial charge in [-0.1, -0.05) is 35.5 Å². The number of carbonyl (C=O) groups excluding carboxylic acids is 1. The van der Waals surface area contributed by atoms with Gasteiger partial charge in [0.1, 0.15) is 18.1 Å². The molecule has 0 saturated carbocycles. The lowest BCUT2D eigenvalue weighted by molar-refractivity contribution is 0.102. The number of methoxy groups -OCH3 is 2. The number of aromatic nitrogens is 4. The minimum Gasteiger partial charge on any atom is -0.493 e. The molecule has 0 saturated heterocycles. The normalized spacial score (nSPS) is 13.0. The van der Waals surface area contributed by atoms with E-state index in [-0.39, 0.29) is 12.5 Å². The number of para-hydroxylation sites is 3. The lowest BCUT2D eigenvalue weighted by atomic mass is 9.99. The molecule has 0 fully saturated rings. The summed E-state index contributed by atoms with van der Waals surface area (Å²) in [6, 6.07) is 21.0. The highest BCUT2D eigenvalue weighted by molar-refractivity contribution is 6.06. The Labute approximate surface area is 243 Å². The fourth-order valence-electron chi connectivity index (χ4n) is 5.13. The zero-order chi connectivity index (χ0) is 28.9. The van der Waals surface area contributed by atoms with Crippen LogP contribution < -0.4 is 19.5 Å². The number of carbonyl (C=O) groups is 1. The van der Waals surface area contributed by atoms with Gasteiger partial charge in [0, 0.05) is 31.2 Å². The van der Waals surface area contributed by atoms with Gasteiger partial charge >= 0.3 is 0 Å². The van der Waals surface area contributed by atoms with Crippen LogP contribution in [0.4, 0.5) is 5.69 Å². The summed E-state index contributed by atoms with van der Waals surface area (Å²) >= 11 is 0. The van der Waals surface area contributed by atoms with Gasteiger partial charge in [0.25, 0.3) is 5.91 Å². The molecule has 42 heavy (non-hydrogen) atoms. The Balaban J connectivity index is 1.04. The van der Waals surface area contributed by atoms with Crippen molar-refractivity contribution >= 4 is 22.5 Å². The molecule has 0 radical (unpaired) electrons. The van der Waals surface area contributed by atoms with Crippen LogP contribution in [0.25, 0.3) is 10.9 Å². The topological polar surface area (TPSA) is 104 Å². The van der Waals surface area contributed by atoms with Crippen LogP contribution >= 0.6 is 0 Å². The number of pyridine rings is 1. The first-order valence-electron chi connectivity index (χ1n) is 13.8. The third-order valence-corrected chi connectivity index (χ3v) is 7.39. The molecule has 0 aliphatic carbocycles. The average Bonchev–Trinajstić information content (AvgIpc) is 3.50. The van der Waals surface area contributed by atoms with E-state index in [1.807, 2.05) is 59.4 Å². The number of ether oxygens (including phenoxy) is 3. The molecule has 3 heterocycles. The number of nitrogens with zero attached hydrogens (tertiary/aromatic N) is 5. The Hall–Kier alpha value is -4.96. The number of rotatable bonds is 10. The number of anilines is 1. The molecule has 0 unspecified atom stereocenters. The average molecular weight is 565 g/mol. The minimum atomic E-state index is -0.256. The van der Waals surface area contributed by atoms with Gasteiger partial charge in [0.15, 0.2) is 11.5 Å². The lowest BCUT2D eigenvalue weighted by Gasteiger charge is -2.29. The van der Waals surface area contributed by atoms with E-state index in [0.717, 1.165) is 48.5 Å². The van der Waals surface area contributed by atoms with E-state index >= 15 is 0 Å².